The van der Waals surface area contributed by atoms with Crippen LogP contribution >= 0.6 is 11.6 Å². The van der Waals surface area contributed by atoms with Crippen molar-refractivity contribution in [2.75, 3.05) is 44.7 Å². The monoisotopic (exact) mass is 240 g/mol. The first-order valence-corrected chi connectivity index (χ1v) is 6.02. The topological polar surface area (TPSA) is 24.5 Å². The van der Waals surface area contributed by atoms with Crippen molar-refractivity contribution in [2.24, 2.45) is 0 Å². The van der Waals surface area contributed by atoms with E-state index in [4.69, 9.17) is 16.3 Å². The summed E-state index contributed by atoms with van der Waals surface area (Å²) in [5, 5.41) is 4.15. The van der Waals surface area contributed by atoms with Gasteiger partial charge in [-0.05, 0) is 24.3 Å². The third-order valence-corrected chi connectivity index (χ3v) is 2.96. The first-order chi connectivity index (χ1) is 7.84. The SMILES string of the molecule is Clc1ccc(NCCN2CCOCC2)cc1. The van der Waals surface area contributed by atoms with Crippen molar-refractivity contribution in [1.29, 1.82) is 0 Å². The number of nitrogens with zero attached hydrogens (tertiary/aromatic N) is 1. The molecule has 0 aliphatic carbocycles. The molecular formula is C12H17ClN2O. The van der Waals surface area contributed by atoms with Gasteiger partial charge in [0.25, 0.3) is 0 Å². The second kappa shape index (κ2) is 6.09. The smallest absolute Gasteiger partial charge is 0.0594 e. The second-order valence-corrected chi connectivity index (χ2v) is 4.32. The highest BCUT2D eigenvalue weighted by Crippen LogP contribution is 2.12. The number of ether oxygens (including phenoxy) is 1. The molecule has 2 rings (SSSR count). The lowest BCUT2D eigenvalue weighted by atomic mass is 10.3. The van der Waals surface area contributed by atoms with E-state index >= 15 is 0 Å². The van der Waals surface area contributed by atoms with Crippen molar-refractivity contribution in [3.05, 3.63) is 29.3 Å². The summed E-state index contributed by atoms with van der Waals surface area (Å²) in [6.45, 7) is 5.83. The maximum atomic E-state index is 5.82. The first kappa shape index (κ1) is 11.7. The van der Waals surface area contributed by atoms with Crippen molar-refractivity contribution >= 4 is 17.3 Å². The zero-order valence-electron chi connectivity index (χ0n) is 9.29. The molecule has 1 aliphatic heterocycles. The molecule has 1 aromatic carbocycles. The number of nitrogens with one attached hydrogen (secondary N) is 1. The van der Waals surface area contributed by atoms with Gasteiger partial charge in [-0.15, -0.1) is 0 Å². The van der Waals surface area contributed by atoms with E-state index in [1.165, 1.54) is 0 Å². The molecule has 1 fully saturated rings. The molecule has 0 spiro atoms. The van der Waals surface area contributed by atoms with E-state index < -0.39 is 0 Å². The van der Waals surface area contributed by atoms with Crippen molar-refractivity contribution in [3.63, 3.8) is 0 Å². The van der Waals surface area contributed by atoms with Gasteiger partial charge in [-0.3, -0.25) is 4.90 Å². The Bertz CT molecular complexity index is 309. The Morgan fingerprint density at radius 3 is 2.56 bits per heavy atom. The number of morpholine rings is 1. The normalized spacial score (nSPS) is 17.3. The molecule has 16 heavy (non-hydrogen) atoms. The van der Waals surface area contributed by atoms with E-state index in [2.05, 4.69) is 10.2 Å². The molecule has 0 amide bonds. The van der Waals surface area contributed by atoms with E-state index in [0.29, 0.717) is 0 Å². The summed E-state index contributed by atoms with van der Waals surface area (Å²) in [6.07, 6.45) is 0. The van der Waals surface area contributed by atoms with Crippen molar-refractivity contribution in [2.45, 2.75) is 0 Å². The Kier molecular flexibility index (Phi) is 4.45. The van der Waals surface area contributed by atoms with E-state index in [1.807, 2.05) is 24.3 Å². The van der Waals surface area contributed by atoms with Gasteiger partial charge in [0, 0.05) is 36.9 Å². The molecule has 1 aromatic rings. The Hall–Kier alpha value is -0.770. The molecule has 0 radical (unpaired) electrons. The number of halogens is 1. The zero-order chi connectivity index (χ0) is 11.2. The van der Waals surface area contributed by atoms with Crippen LogP contribution in [0.25, 0.3) is 0 Å². The highest BCUT2D eigenvalue weighted by molar-refractivity contribution is 6.30. The Labute approximate surface area is 101 Å². The average Bonchev–Trinajstić information content (AvgIpc) is 2.33. The van der Waals surface area contributed by atoms with Gasteiger partial charge >= 0.3 is 0 Å². The minimum atomic E-state index is 0.777. The van der Waals surface area contributed by atoms with Crippen LogP contribution in [-0.4, -0.2) is 44.3 Å². The van der Waals surface area contributed by atoms with E-state index in [1.54, 1.807) is 0 Å². The predicted octanol–water partition coefficient (Wildman–Crippen LogP) is 2.08. The fourth-order valence-corrected chi connectivity index (χ4v) is 1.88. The quantitative estimate of drug-likeness (QED) is 0.872. The fraction of sp³-hybridized carbons (Fsp3) is 0.500. The van der Waals surface area contributed by atoms with Crippen LogP contribution in [0.1, 0.15) is 0 Å². The van der Waals surface area contributed by atoms with Crippen LogP contribution < -0.4 is 5.32 Å². The van der Waals surface area contributed by atoms with E-state index in [9.17, 15) is 0 Å². The van der Waals surface area contributed by atoms with Crippen LogP contribution in [0.5, 0.6) is 0 Å². The van der Waals surface area contributed by atoms with Crippen LogP contribution in [-0.2, 0) is 4.74 Å². The molecule has 0 unspecified atom stereocenters. The molecule has 4 heteroatoms. The maximum absolute atomic E-state index is 5.82. The molecule has 1 N–H and O–H groups in total. The number of benzene rings is 1. The van der Waals surface area contributed by atoms with Gasteiger partial charge in [-0.2, -0.15) is 0 Å². The summed E-state index contributed by atoms with van der Waals surface area (Å²) in [4.78, 5) is 2.41. The summed E-state index contributed by atoms with van der Waals surface area (Å²) in [7, 11) is 0. The minimum Gasteiger partial charge on any atom is -0.384 e. The summed E-state index contributed by atoms with van der Waals surface area (Å²) >= 11 is 5.82. The first-order valence-electron chi connectivity index (χ1n) is 5.64. The molecule has 1 aliphatic rings. The third kappa shape index (κ3) is 3.67. The van der Waals surface area contributed by atoms with Gasteiger partial charge in [0.05, 0.1) is 13.2 Å². The van der Waals surface area contributed by atoms with Gasteiger partial charge in [0.2, 0.25) is 0 Å². The lowest BCUT2D eigenvalue weighted by Crippen LogP contribution is -2.38. The third-order valence-electron chi connectivity index (χ3n) is 2.71. The van der Waals surface area contributed by atoms with Crippen LogP contribution in [0.4, 0.5) is 5.69 Å². The summed E-state index contributed by atoms with van der Waals surface area (Å²) in [5.41, 5.74) is 1.12. The number of hydrogen-bond acceptors (Lipinski definition) is 3. The van der Waals surface area contributed by atoms with Crippen molar-refractivity contribution < 1.29 is 4.74 Å². The van der Waals surface area contributed by atoms with Gasteiger partial charge in [0.1, 0.15) is 0 Å². The van der Waals surface area contributed by atoms with Crippen molar-refractivity contribution in [1.82, 2.24) is 4.90 Å². The number of rotatable bonds is 4. The number of hydrogen-bond donors (Lipinski definition) is 1. The van der Waals surface area contributed by atoms with Crippen LogP contribution in [0.3, 0.4) is 0 Å². The van der Waals surface area contributed by atoms with Crippen LogP contribution in [0, 0.1) is 0 Å². The second-order valence-electron chi connectivity index (χ2n) is 3.89. The van der Waals surface area contributed by atoms with Gasteiger partial charge in [-0.25, -0.2) is 0 Å². The van der Waals surface area contributed by atoms with Gasteiger partial charge in [-0.1, -0.05) is 11.6 Å². The molecule has 0 bridgehead atoms. The molecule has 0 aromatic heterocycles. The van der Waals surface area contributed by atoms with Gasteiger partial charge < -0.3 is 10.1 Å². The lowest BCUT2D eigenvalue weighted by Gasteiger charge is -2.26. The van der Waals surface area contributed by atoms with Gasteiger partial charge in [0.15, 0.2) is 0 Å². The molecule has 3 nitrogen and oxygen atoms in total. The average molecular weight is 241 g/mol. The largest absolute Gasteiger partial charge is 0.384 e. The minimum absolute atomic E-state index is 0.777. The molecule has 1 saturated heterocycles. The Morgan fingerprint density at radius 2 is 1.88 bits per heavy atom. The number of anilines is 1. The van der Waals surface area contributed by atoms with Crippen LogP contribution in [0.15, 0.2) is 24.3 Å². The standard InChI is InChI=1S/C12H17ClN2O/c13-11-1-3-12(4-2-11)14-5-6-15-7-9-16-10-8-15/h1-4,14H,5-10H2. The summed E-state index contributed by atoms with van der Waals surface area (Å²) in [6, 6.07) is 7.81. The molecule has 88 valence electrons. The highest BCUT2D eigenvalue weighted by Gasteiger charge is 2.08. The van der Waals surface area contributed by atoms with E-state index in [0.717, 1.165) is 50.1 Å². The lowest BCUT2D eigenvalue weighted by molar-refractivity contribution is 0.0398. The van der Waals surface area contributed by atoms with Crippen molar-refractivity contribution in [3.8, 4) is 0 Å². The zero-order valence-corrected chi connectivity index (χ0v) is 10.0. The fourth-order valence-electron chi connectivity index (χ4n) is 1.75. The summed E-state index contributed by atoms with van der Waals surface area (Å²) < 4.78 is 5.30. The molecule has 0 atom stereocenters. The highest BCUT2D eigenvalue weighted by atomic mass is 35.5. The predicted molar refractivity (Wildman–Crippen MR) is 67.2 cm³/mol. The molecular weight excluding hydrogens is 224 g/mol. The Morgan fingerprint density at radius 1 is 1.19 bits per heavy atom. The molecule has 0 saturated carbocycles. The maximum Gasteiger partial charge on any atom is 0.0594 e. The molecule has 1 heterocycles. The Balaban J connectivity index is 1.69. The van der Waals surface area contributed by atoms with E-state index in [-0.39, 0.29) is 0 Å². The van der Waals surface area contributed by atoms with Crippen LogP contribution in [0.2, 0.25) is 5.02 Å². The summed E-state index contributed by atoms with van der Waals surface area (Å²) in [5.74, 6) is 0.